The molecule has 0 rings (SSSR count). The van der Waals surface area contributed by atoms with Gasteiger partial charge in [0.2, 0.25) is 0 Å². The largest absolute Gasteiger partial charge is 0.151 e. The van der Waals surface area contributed by atoms with Crippen LogP contribution < -0.4 is 0 Å². The fourth-order valence-corrected chi connectivity index (χ4v) is 1.18. The number of halogens is 1. The van der Waals surface area contributed by atoms with Gasteiger partial charge in [0.15, 0.2) is 0 Å². The van der Waals surface area contributed by atoms with Crippen molar-refractivity contribution in [1.82, 2.24) is 0 Å². The van der Waals surface area contributed by atoms with Crippen molar-refractivity contribution in [2.24, 2.45) is 5.18 Å². The van der Waals surface area contributed by atoms with Crippen molar-refractivity contribution in [2.45, 2.75) is 25.8 Å². The zero-order valence-electron chi connectivity index (χ0n) is 4.93. The van der Waals surface area contributed by atoms with Crippen LogP contribution in [0.3, 0.4) is 0 Å². The first kappa shape index (κ1) is 8.33. The Labute approximate surface area is 63.2 Å². The van der Waals surface area contributed by atoms with Crippen molar-refractivity contribution in [3.63, 3.8) is 0 Å². The van der Waals surface area contributed by atoms with E-state index in [1.54, 1.807) is 0 Å². The monoisotopic (exact) mass is 227 g/mol. The molecule has 0 spiro atoms. The van der Waals surface area contributed by atoms with Gasteiger partial charge in [0.1, 0.15) is 0 Å². The molecule has 2 nitrogen and oxygen atoms in total. The van der Waals surface area contributed by atoms with Crippen LogP contribution in [0.4, 0.5) is 0 Å². The van der Waals surface area contributed by atoms with Crippen LogP contribution in [0.5, 0.6) is 0 Å². The molecule has 48 valence electrons. The predicted molar refractivity (Wildman–Crippen MR) is 43.4 cm³/mol. The molecule has 0 unspecified atom stereocenters. The first-order chi connectivity index (χ1) is 3.85. The standard InChI is InChI=1S/C5H10INO/c1-2-5(7-8)3-4-6/h5H,2-4H2,1H3/t5-/m0/s1. The van der Waals surface area contributed by atoms with Crippen molar-refractivity contribution >= 4 is 22.6 Å². The Hall–Kier alpha value is 0.330. The molecule has 0 saturated heterocycles. The van der Waals surface area contributed by atoms with Gasteiger partial charge in [-0.15, -0.1) is 0 Å². The van der Waals surface area contributed by atoms with Gasteiger partial charge >= 0.3 is 0 Å². The molecule has 0 bridgehead atoms. The second kappa shape index (κ2) is 5.47. The normalized spacial score (nSPS) is 13.2. The Kier molecular flexibility index (Phi) is 5.69. The molecule has 0 radical (unpaired) electrons. The highest BCUT2D eigenvalue weighted by atomic mass is 127. The molecule has 0 heterocycles. The van der Waals surface area contributed by atoms with Crippen LogP contribution in [0.2, 0.25) is 0 Å². The van der Waals surface area contributed by atoms with Crippen LogP contribution in [-0.2, 0) is 0 Å². The number of nitrogens with zero attached hydrogens (tertiary/aromatic N) is 1. The van der Waals surface area contributed by atoms with Crippen LogP contribution in [0.25, 0.3) is 0 Å². The number of nitroso groups, excluding NO2 is 1. The van der Waals surface area contributed by atoms with Crippen LogP contribution in [0.15, 0.2) is 5.18 Å². The summed E-state index contributed by atoms with van der Waals surface area (Å²) in [7, 11) is 0. The summed E-state index contributed by atoms with van der Waals surface area (Å²) in [6.45, 7) is 1.98. The molecule has 8 heavy (non-hydrogen) atoms. The summed E-state index contributed by atoms with van der Waals surface area (Å²) in [6.07, 6.45) is 1.81. The molecule has 0 saturated carbocycles. The fraction of sp³-hybridized carbons (Fsp3) is 1.00. The smallest absolute Gasteiger partial charge is 0.0924 e. The zero-order chi connectivity index (χ0) is 6.41. The maximum atomic E-state index is 9.87. The van der Waals surface area contributed by atoms with Crippen molar-refractivity contribution in [3.05, 3.63) is 4.91 Å². The van der Waals surface area contributed by atoms with E-state index < -0.39 is 0 Å². The second-order valence-electron chi connectivity index (χ2n) is 1.65. The van der Waals surface area contributed by atoms with Gasteiger partial charge in [0.25, 0.3) is 0 Å². The van der Waals surface area contributed by atoms with E-state index in [0.717, 1.165) is 17.3 Å². The Balaban J connectivity index is 3.21. The van der Waals surface area contributed by atoms with E-state index in [1.807, 2.05) is 6.92 Å². The summed E-state index contributed by atoms with van der Waals surface area (Å²) in [5.41, 5.74) is 0. The van der Waals surface area contributed by atoms with Crippen LogP contribution in [-0.4, -0.2) is 10.5 Å². The number of hydrogen-bond donors (Lipinski definition) is 0. The lowest BCUT2D eigenvalue weighted by atomic mass is 10.2. The summed E-state index contributed by atoms with van der Waals surface area (Å²) in [5, 5.41) is 2.94. The van der Waals surface area contributed by atoms with Crippen LogP contribution >= 0.6 is 22.6 Å². The number of rotatable bonds is 4. The SMILES string of the molecule is CC[C@@H](CCI)N=O. The van der Waals surface area contributed by atoms with E-state index >= 15 is 0 Å². The van der Waals surface area contributed by atoms with Gasteiger partial charge in [-0.1, -0.05) is 34.7 Å². The third-order valence-corrected chi connectivity index (χ3v) is 1.69. The minimum atomic E-state index is 0.0619. The average Bonchev–Trinajstić information content (AvgIpc) is 1.83. The molecule has 0 fully saturated rings. The average molecular weight is 227 g/mol. The summed E-state index contributed by atoms with van der Waals surface area (Å²) in [6, 6.07) is 0.0619. The van der Waals surface area contributed by atoms with Crippen LogP contribution in [0.1, 0.15) is 19.8 Å². The van der Waals surface area contributed by atoms with Gasteiger partial charge in [-0.3, -0.25) is 0 Å². The van der Waals surface area contributed by atoms with E-state index in [0.29, 0.717) is 0 Å². The molecule has 0 aliphatic heterocycles. The molecule has 0 amide bonds. The van der Waals surface area contributed by atoms with Gasteiger partial charge in [-0.05, 0) is 12.8 Å². The molecule has 0 aliphatic carbocycles. The molecule has 0 aromatic carbocycles. The van der Waals surface area contributed by atoms with Gasteiger partial charge < -0.3 is 0 Å². The first-order valence-corrected chi connectivity index (χ1v) is 4.26. The van der Waals surface area contributed by atoms with Gasteiger partial charge in [-0.25, -0.2) is 0 Å². The summed E-state index contributed by atoms with van der Waals surface area (Å²) in [4.78, 5) is 9.87. The van der Waals surface area contributed by atoms with Gasteiger partial charge in [-0.2, -0.15) is 4.91 Å². The van der Waals surface area contributed by atoms with Crippen molar-refractivity contribution in [1.29, 1.82) is 0 Å². The zero-order valence-corrected chi connectivity index (χ0v) is 7.09. The van der Waals surface area contributed by atoms with Crippen molar-refractivity contribution in [2.75, 3.05) is 4.43 Å². The van der Waals surface area contributed by atoms with Crippen molar-refractivity contribution in [3.8, 4) is 0 Å². The maximum absolute atomic E-state index is 9.87. The molecule has 0 aromatic heterocycles. The molecule has 0 aromatic rings. The lowest BCUT2D eigenvalue weighted by Gasteiger charge is -1.99. The lowest BCUT2D eigenvalue weighted by Crippen LogP contribution is -2.00. The van der Waals surface area contributed by atoms with Gasteiger partial charge in [0, 0.05) is 4.43 Å². The molecule has 0 aliphatic rings. The Morgan fingerprint density at radius 3 is 2.50 bits per heavy atom. The molecular weight excluding hydrogens is 217 g/mol. The van der Waals surface area contributed by atoms with Crippen molar-refractivity contribution < 1.29 is 0 Å². The number of alkyl halides is 1. The van der Waals surface area contributed by atoms with E-state index in [2.05, 4.69) is 27.8 Å². The van der Waals surface area contributed by atoms with Crippen LogP contribution in [0, 0.1) is 4.91 Å². The Bertz CT molecular complexity index is 67.4. The topological polar surface area (TPSA) is 29.4 Å². The maximum Gasteiger partial charge on any atom is 0.0924 e. The highest BCUT2D eigenvalue weighted by molar-refractivity contribution is 14.1. The highest BCUT2D eigenvalue weighted by Gasteiger charge is 2.01. The summed E-state index contributed by atoms with van der Waals surface area (Å²) in [5.74, 6) is 0. The molecule has 3 heteroatoms. The van der Waals surface area contributed by atoms with Gasteiger partial charge in [0.05, 0.1) is 6.04 Å². The van der Waals surface area contributed by atoms with E-state index in [9.17, 15) is 4.91 Å². The quantitative estimate of drug-likeness (QED) is 0.411. The van der Waals surface area contributed by atoms with E-state index in [4.69, 9.17) is 0 Å². The molecule has 1 atom stereocenters. The minimum Gasteiger partial charge on any atom is -0.151 e. The lowest BCUT2D eigenvalue weighted by molar-refractivity contribution is 0.636. The van der Waals surface area contributed by atoms with E-state index in [-0.39, 0.29) is 6.04 Å². The Morgan fingerprint density at radius 1 is 1.75 bits per heavy atom. The third-order valence-electron chi connectivity index (χ3n) is 1.06. The third kappa shape index (κ3) is 3.35. The minimum absolute atomic E-state index is 0.0619. The fourth-order valence-electron chi connectivity index (χ4n) is 0.457. The molecule has 0 N–H and O–H groups in total. The molecular formula is C5H10INO. The second-order valence-corrected chi connectivity index (χ2v) is 2.72. The predicted octanol–water partition coefficient (Wildman–Crippen LogP) is 2.36. The number of hydrogen-bond acceptors (Lipinski definition) is 2. The first-order valence-electron chi connectivity index (χ1n) is 2.73. The summed E-state index contributed by atoms with van der Waals surface area (Å²) >= 11 is 2.25. The van der Waals surface area contributed by atoms with E-state index in [1.165, 1.54) is 0 Å². The Morgan fingerprint density at radius 2 is 2.38 bits per heavy atom. The summed E-state index contributed by atoms with van der Waals surface area (Å²) < 4.78 is 1.03. The highest BCUT2D eigenvalue weighted by Crippen LogP contribution is 2.03.